The zero-order valence-corrected chi connectivity index (χ0v) is 13.8. The fraction of sp³-hybridized carbons (Fsp3) is 0.688. The van der Waals surface area contributed by atoms with Gasteiger partial charge in [-0.1, -0.05) is 25.9 Å². The molecule has 0 aromatic carbocycles. The third-order valence-corrected chi connectivity index (χ3v) is 3.84. The molecule has 2 rings (SSSR count). The Morgan fingerprint density at radius 1 is 1.36 bits per heavy atom. The Balaban J connectivity index is 2.24. The molecule has 6 heteroatoms. The number of nitrogens with zero attached hydrogens (tertiary/aromatic N) is 1. The first kappa shape index (κ1) is 16.7. The van der Waals surface area contributed by atoms with Crippen LogP contribution in [0.25, 0.3) is 0 Å². The molecular formula is C16H23NO5. The number of carbonyl (C=O) groups is 2. The van der Waals surface area contributed by atoms with Crippen LogP contribution in [-0.4, -0.2) is 29.6 Å². The van der Waals surface area contributed by atoms with Crippen LogP contribution < -0.4 is 0 Å². The Bertz CT molecular complexity index is 570. The van der Waals surface area contributed by atoms with Crippen molar-refractivity contribution in [2.24, 2.45) is 5.41 Å². The van der Waals surface area contributed by atoms with Gasteiger partial charge in [0, 0.05) is 18.4 Å². The number of hydrogen-bond donors (Lipinski definition) is 0. The van der Waals surface area contributed by atoms with Gasteiger partial charge in [-0.25, -0.2) is 4.79 Å². The van der Waals surface area contributed by atoms with Crippen molar-refractivity contribution in [3.8, 4) is 0 Å². The van der Waals surface area contributed by atoms with Gasteiger partial charge < -0.3 is 14.0 Å². The van der Waals surface area contributed by atoms with Crippen LogP contribution in [0.15, 0.2) is 4.52 Å². The first-order valence-corrected chi connectivity index (χ1v) is 7.54. The molecule has 22 heavy (non-hydrogen) atoms. The smallest absolute Gasteiger partial charge is 0.360 e. The van der Waals surface area contributed by atoms with E-state index in [0.29, 0.717) is 17.7 Å². The molecule has 1 aromatic rings. The van der Waals surface area contributed by atoms with E-state index in [2.05, 4.69) is 5.16 Å². The highest BCUT2D eigenvalue weighted by atomic mass is 16.5. The van der Waals surface area contributed by atoms with E-state index in [0.717, 1.165) is 0 Å². The van der Waals surface area contributed by atoms with E-state index in [1.54, 1.807) is 13.8 Å². The molecule has 0 unspecified atom stereocenters. The SMILES string of the molecule is CCOC(=O)c1noc([C@H]2CC(=O)C[C@@H](C(C)(C)C)O2)c1C. The predicted octanol–water partition coefficient (Wildman–Crippen LogP) is 3.00. The van der Waals surface area contributed by atoms with E-state index in [1.807, 2.05) is 20.8 Å². The minimum Gasteiger partial charge on any atom is -0.461 e. The summed E-state index contributed by atoms with van der Waals surface area (Å²) in [7, 11) is 0. The molecule has 0 saturated carbocycles. The van der Waals surface area contributed by atoms with Gasteiger partial charge in [0.2, 0.25) is 0 Å². The van der Waals surface area contributed by atoms with Gasteiger partial charge >= 0.3 is 5.97 Å². The number of esters is 1. The minimum atomic E-state index is -0.524. The summed E-state index contributed by atoms with van der Waals surface area (Å²) in [5.74, 6) is 0.0412. The van der Waals surface area contributed by atoms with Gasteiger partial charge in [0.25, 0.3) is 0 Å². The van der Waals surface area contributed by atoms with Crippen LogP contribution in [0.4, 0.5) is 0 Å². The molecule has 1 saturated heterocycles. The van der Waals surface area contributed by atoms with E-state index < -0.39 is 12.1 Å². The average molecular weight is 309 g/mol. The number of aromatic nitrogens is 1. The average Bonchev–Trinajstić information content (AvgIpc) is 2.79. The highest BCUT2D eigenvalue weighted by Crippen LogP contribution is 2.38. The van der Waals surface area contributed by atoms with Gasteiger partial charge in [-0.05, 0) is 19.3 Å². The topological polar surface area (TPSA) is 78.6 Å². The number of carbonyl (C=O) groups excluding carboxylic acids is 2. The second-order valence-electron chi connectivity index (χ2n) is 6.67. The van der Waals surface area contributed by atoms with Crippen LogP contribution in [0.1, 0.15) is 68.5 Å². The maximum Gasteiger partial charge on any atom is 0.360 e. The predicted molar refractivity (Wildman–Crippen MR) is 78.5 cm³/mol. The fourth-order valence-electron chi connectivity index (χ4n) is 2.49. The maximum atomic E-state index is 12.0. The first-order valence-electron chi connectivity index (χ1n) is 7.54. The number of Topliss-reactive ketones (excluding diaryl/α,β-unsaturated/α-hetero) is 1. The summed E-state index contributed by atoms with van der Waals surface area (Å²) < 4.78 is 16.3. The highest BCUT2D eigenvalue weighted by molar-refractivity contribution is 5.89. The Morgan fingerprint density at radius 2 is 2.05 bits per heavy atom. The summed E-state index contributed by atoms with van der Waals surface area (Å²) in [6, 6.07) is 0. The van der Waals surface area contributed by atoms with Crippen molar-refractivity contribution in [1.82, 2.24) is 5.16 Å². The summed E-state index contributed by atoms with van der Waals surface area (Å²) in [5, 5.41) is 3.78. The van der Waals surface area contributed by atoms with E-state index in [-0.39, 0.29) is 36.0 Å². The van der Waals surface area contributed by atoms with Crippen molar-refractivity contribution < 1.29 is 23.6 Å². The van der Waals surface area contributed by atoms with Crippen LogP contribution in [0.2, 0.25) is 0 Å². The molecule has 1 aliphatic heterocycles. The van der Waals surface area contributed by atoms with Crippen LogP contribution in [0.3, 0.4) is 0 Å². The van der Waals surface area contributed by atoms with Crippen molar-refractivity contribution in [2.75, 3.05) is 6.61 Å². The van der Waals surface area contributed by atoms with Gasteiger partial charge in [-0.2, -0.15) is 0 Å². The first-order chi connectivity index (χ1) is 10.2. The molecule has 122 valence electrons. The number of ketones is 1. The van der Waals surface area contributed by atoms with E-state index in [4.69, 9.17) is 14.0 Å². The Morgan fingerprint density at radius 3 is 2.64 bits per heavy atom. The molecule has 0 spiro atoms. The summed E-state index contributed by atoms with van der Waals surface area (Å²) in [6.07, 6.45) is -0.0431. The molecule has 0 amide bonds. The molecule has 0 radical (unpaired) electrons. The monoisotopic (exact) mass is 309 g/mol. The van der Waals surface area contributed by atoms with Crippen LogP contribution in [0.5, 0.6) is 0 Å². The molecule has 1 fully saturated rings. The van der Waals surface area contributed by atoms with Gasteiger partial charge in [0.1, 0.15) is 11.9 Å². The van der Waals surface area contributed by atoms with Gasteiger partial charge in [0.15, 0.2) is 11.5 Å². The third kappa shape index (κ3) is 3.38. The number of rotatable bonds is 3. The molecule has 6 nitrogen and oxygen atoms in total. The number of hydrogen-bond acceptors (Lipinski definition) is 6. The Hall–Kier alpha value is -1.69. The van der Waals surface area contributed by atoms with Gasteiger partial charge in [-0.3, -0.25) is 4.79 Å². The van der Waals surface area contributed by atoms with Crippen molar-refractivity contribution in [1.29, 1.82) is 0 Å². The standard InChI is InChI=1S/C16H23NO5/c1-6-20-15(19)13-9(2)14(22-17-13)11-7-10(18)8-12(21-11)16(3,4)5/h11-12H,6-8H2,1-5H3/t11-,12+/m1/s1. The second-order valence-corrected chi connectivity index (χ2v) is 6.67. The lowest BCUT2D eigenvalue weighted by Gasteiger charge is -2.36. The van der Waals surface area contributed by atoms with E-state index in [1.165, 1.54) is 0 Å². The third-order valence-electron chi connectivity index (χ3n) is 3.84. The lowest BCUT2D eigenvalue weighted by Crippen LogP contribution is -2.37. The van der Waals surface area contributed by atoms with Crippen LogP contribution in [-0.2, 0) is 14.3 Å². The molecule has 1 aliphatic rings. The Labute approximate surface area is 130 Å². The van der Waals surface area contributed by atoms with Crippen LogP contribution >= 0.6 is 0 Å². The lowest BCUT2D eigenvalue weighted by atomic mass is 9.83. The molecule has 0 N–H and O–H groups in total. The normalized spacial score (nSPS) is 22.7. The summed E-state index contributed by atoms with van der Waals surface area (Å²) in [6.45, 7) is 9.82. The Kier molecular flexibility index (Phi) is 4.70. The number of ether oxygens (including phenoxy) is 2. The largest absolute Gasteiger partial charge is 0.461 e. The zero-order chi connectivity index (χ0) is 16.5. The van der Waals surface area contributed by atoms with Crippen molar-refractivity contribution in [3.05, 3.63) is 17.0 Å². The van der Waals surface area contributed by atoms with E-state index in [9.17, 15) is 9.59 Å². The summed E-state index contributed by atoms with van der Waals surface area (Å²) >= 11 is 0. The lowest BCUT2D eigenvalue weighted by molar-refractivity contribution is -0.148. The van der Waals surface area contributed by atoms with Crippen molar-refractivity contribution in [3.63, 3.8) is 0 Å². The van der Waals surface area contributed by atoms with Crippen LogP contribution in [0, 0.1) is 12.3 Å². The minimum absolute atomic E-state index is 0.129. The highest BCUT2D eigenvalue weighted by Gasteiger charge is 2.38. The second kappa shape index (κ2) is 6.20. The molecule has 2 heterocycles. The molecular weight excluding hydrogens is 286 g/mol. The molecule has 0 aliphatic carbocycles. The van der Waals surface area contributed by atoms with Gasteiger partial charge in [0.05, 0.1) is 12.7 Å². The zero-order valence-electron chi connectivity index (χ0n) is 13.8. The van der Waals surface area contributed by atoms with E-state index >= 15 is 0 Å². The fourth-order valence-corrected chi connectivity index (χ4v) is 2.49. The molecule has 2 atom stereocenters. The molecule has 1 aromatic heterocycles. The quantitative estimate of drug-likeness (QED) is 0.799. The van der Waals surface area contributed by atoms with Crippen molar-refractivity contribution in [2.45, 2.75) is 59.7 Å². The molecule has 0 bridgehead atoms. The maximum absolute atomic E-state index is 12.0. The summed E-state index contributed by atoms with van der Waals surface area (Å²) in [4.78, 5) is 23.8. The van der Waals surface area contributed by atoms with Gasteiger partial charge in [-0.15, -0.1) is 0 Å². The summed E-state index contributed by atoms with van der Waals surface area (Å²) in [5.41, 5.74) is 0.572. The van der Waals surface area contributed by atoms with Crippen molar-refractivity contribution >= 4 is 11.8 Å².